The van der Waals surface area contributed by atoms with Crippen molar-refractivity contribution in [2.45, 2.75) is 31.3 Å². The number of likely N-dealkylation sites (N-methyl/N-ethyl adjacent to an activating group) is 1. The quantitative estimate of drug-likeness (QED) is 0.645. The highest BCUT2D eigenvalue weighted by Crippen LogP contribution is 2.30. The number of halogens is 1. The van der Waals surface area contributed by atoms with Crippen molar-refractivity contribution in [2.24, 2.45) is 0 Å². The average Bonchev–Trinajstić information content (AvgIpc) is 3.50. The summed E-state index contributed by atoms with van der Waals surface area (Å²) >= 11 is 8.73. The topological polar surface area (TPSA) is 91.0 Å². The van der Waals surface area contributed by atoms with E-state index in [1.165, 1.54) is 28.9 Å². The molecule has 33 heavy (non-hydrogen) atoms. The molecule has 0 aliphatic carbocycles. The number of carbonyl (C=O) groups is 3. The average molecular weight is 511 g/mol. The summed E-state index contributed by atoms with van der Waals surface area (Å²) in [4.78, 5) is 44.3. The Morgan fingerprint density at radius 2 is 1.97 bits per heavy atom. The van der Waals surface area contributed by atoms with E-state index in [4.69, 9.17) is 11.6 Å². The SMILES string of the molecule is COC(=O)NC[C@@H]1C[C@@H](NC(=O)c2ccc(Cl)s2)CN1C(=O)c1cc2c(s1)CCN(C)CC2. The van der Waals surface area contributed by atoms with Crippen LogP contribution in [-0.2, 0) is 17.6 Å². The molecule has 2 atom stereocenters. The predicted octanol–water partition coefficient (Wildman–Crippen LogP) is 2.86. The van der Waals surface area contributed by atoms with Gasteiger partial charge in [0.15, 0.2) is 0 Å². The summed E-state index contributed by atoms with van der Waals surface area (Å²) in [5, 5.41) is 5.71. The highest BCUT2D eigenvalue weighted by Gasteiger charge is 2.37. The number of rotatable bonds is 5. The van der Waals surface area contributed by atoms with E-state index in [2.05, 4.69) is 27.3 Å². The molecule has 2 aromatic rings. The zero-order valence-corrected chi connectivity index (χ0v) is 20.9. The molecule has 178 valence electrons. The van der Waals surface area contributed by atoms with Gasteiger partial charge in [-0.25, -0.2) is 4.79 Å². The molecule has 3 amide bonds. The standard InChI is InChI=1S/C22H27ClN4O4S2/c1-26-7-5-13-9-18(32-16(13)6-8-26)21(29)27-12-14(10-15(27)11-24-22(30)31-2)25-20(28)17-3-4-19(23)33-17/h3-4,9,14-15H,5-8,10-12H2,1-2H3,(H,24,30)(H,25,28)/t14-,15+/m1/s1. The van der Waals surface area contributed by atoms with E-state index in [1.54, 1.807) is 28.4 Å². The van der Waals surface area contributed by atoms with Crippen LogP contribution in [-0.4, -0.2) is 80.1 Å². The maximum Gasteiger partial charge on any atom is 0.406 e. The van der Waals surface area contributed by atoms with Crippen molar-refractivity contribution in [3.05, 3.63) is 42.7 Å². The van der Waals surface area contributed by atoms with Crippen molar-refractivity contribution < 1.29 is 19.1 Å². The summed E-state index contributed by atoms with van der Waals surface area (Å²) in [7, 11) is 3.42. The van der Waals surface area contributed by atoms with E-state index in [0.717, 1.165) is 25.9 Å². The molecule has 1 saturated heterocycles. The second-order valence-corrected chi connectivity index (χ2v) is 11.2. The van der Waals surface area contributed by atoms with Crippen molar-refractivity contribution in [3.8, 4) is 0 Å². The van der Waals surface area contributed by atoms with Gasteiger partial charge in [0.25, 0.3) is 11.8 Å². The molecule has 0 radical (unpaired) electrons. The number of carbonyl (C=O) groups excluding carboxylic acids is 3. The minimum absolute atomic E-state index is 0.0611. The predicted molar refractivity (Wildman–Crippen MR) is 130 cm³/mol. The fourth-order valence-corrected chi connectivity index (χ4v) is 6.38. The lowest BCUT2D eigenvalue weighted by atomic mass is 10.1. The Balaban J connectivity index is 1.48. The molecule has 11 heteroatoms. The molecule has 2 aliphatic heterocycles. The Labute approximate surface area is 205 Å². The van der Waals surface area contributed by atoms with Crippen LogP contribution in [0.3, 0.4) is 0 Å². The van der Waals surface area contributed by atoms with Crippen LogP contribution in [0.15, 0.2) is 18.2 Å². The molecule has 0 bridgehead atoms. The fourth-order valence-electron chi connectivity index (χ4n) is 4.28. The van der Waals surface area contributed by atoms with E-state index < -0.39 is 6.09 Å². The molecule has 4 rings (SSSR count). The number of thiophene rings is 2. The normalized spacial score (nSPS) is 20.8. The Morgan fingerprint density at radius 3 is 2.70 bits per heavy atom. The number of nitrogens with zero attached hydrogens (tertiary/aromatic N) is 2. The number of ether oxygens (including phenoxy) is 1. The summed E-state index contributed by atoms with van der Waals surface area (Å²) in [6.45, 7) is 2.60. The van der Waals surface area contributed by atoms with Gasteiger partial charge in [0, 0.05) is 37.1 Å². The third-order valence-electron chi connectivity index (χ3n) is 6.07. The first-order valence-corrected chi connectivity index (χ1v) is 12.8. The molecule has 2 aliphatic rings. The van der Waals surface area contributed by atoms with Crippen molar-refractivity contribution in [2.75, 3.05) is 40.3 Å². The molecule has 2 N–H and O–H groups in total. The van der Waals surface area contributed by atoms with Crippen molar-refractivity contribution >= 4 is 52.2 Å². The molecule has 2 aromatic heterocycles. The summed E-state index contributed by atoms with van der Waals surface area (Å²) in [6, 6.07) is 4.92. The number of amides is 3. The molecular formula is C22H27ClN4O4S2. The van der Waals surface area contributed by atoms with Gasteiger partial charge >= 0.3 is 6.09 Å². The number of likely N-dealkylation sites (tertiary alicyclic amines) is 1. The molecule has 8 nitrogen and oxygen atoms in total. The van der Waals surface area contributed by atoms with Crippen LogP contribution in [0, 0.1) is 0 Å². The summed E-state index contributed by atoms with van der Waals surface area (Å²) in [5.74, 6) is -0.271. The second kappa shape index (κ2) is 10.4. The van der Waals surface area contributed by atoms with E-state index >= 15 is 0 Å². The van der Waals surface area contributed by atoms with Gasteiger partial charge in [-0.3, -0.25) is 9.59 Å². The van der Waals surface area contributed by atoms with Crippen LogP contribution < -0.4 is 10.6 Å². The third-order valence-corrected chi connectivity index (χ3v) is 8.52. The lowest BCUT2D eigenvalue weighted by Gasteiger charge is -2.24. The van der Waals surface area contributed by atoms with E-state index in [1.807, 2.05) is 6.07 Å². The van der Waals surface area contributed by atoms with Crippen molar-refractivity contribution in [1.29, 1.82) is 0 Å². The third kappa shape index (κ3) is 5.68. The monoisotopic (exact) mass is 510 g/mol. The van der Waals surface area contributed by atoms with Gasteiger partial charge in [0.05, 0.1) is 27.2 Å². The maximum absolute atomic E-state index is 13.5. The lowest BCUT2D eigenvalue weighted by Crippen LogP contribution is -2.43. The highest BCUT2D eigenvalue weighted by molar-refractivity contribution is 7.18. The number of alkyl carbamates (subject to hydrolysis) is 1. The maximum atomic E-state index is 13.5. The molecule has 0 unspecified atom stereocenters. The number of methoxy groups -OCH3 is 1. The number of fused-ring (bicyclic) bond motifs is 1. The smallest absolute Gasteiger partial charge is 0.406 e. The number of hydrogen-bond donors (Lipinski definition) is 2. The van der Waals surface area contributed by atoms with Gasteiger partial charge in [-0.05, 0) is 50.1 Å². The second-order valence-electron chi connectivity index (χ2n) is 8.36. The zero-order valence-electron chi connectivity index (χ0n) is 18.6. The molecule has 0 aromatic carbocycles. The van der Waals surface area contributed by atoms with E-state index in [0.29, 0.717) is 27.1 Å². The first-order valence-electron chi connectivity index (χ1n) is 10.8. The summed E-state index contributed by atoms with van der Waals surface area (Å²) in [5.41, 5.74) is 1.25. The minimum Gasteiger partial charge on any atom is -0.453 e. The highest BCUT2D eigenvalue weighted by atomic mass is 35.5. The molecule has 0 spiro atoms. The Bertz CT molecular complexity index is 1010. The van der Waals surface area contributed by atoms with Gasteiger partial charge in [-0.2, -0.15) is 0 Å². The first-order chi connectivity index (χ1) is 15.8. The Hall–Kier alpha value is -2.14. The van der Waals surface area contributed by atoms with Crippen LogP contribution in [0.5, 0.6) is 0 Å². The zero-order chi connectivity index (χ0) is 23.5. The van der Waals surface area contributed by atoms with Gasteiger partial charge in [-0.15, -0.1) is 22.7 Å². The van der Waals surface area contributed by atoms with Gasteiger partial charge in [0.2, 0.25) is 0 Å². The lowest BCUT2D eigenvalue weighted by molar-refractivity contribution is 0.0732. The van der Waals surface area contributed by atoms with E-state index in [-0.39, 0.29) is 30.4 Å². The fraction of sp³-hybridized carbons (Fsp3) is 0.500. The molecule has 4 heterocycles. The number of nitrogens with one attached hydrogen (secondary N) is 2. The summed E-state index contributed by atoms with van der Waals surface area (Å²) in [6.07, 6.45) is 1.87. The van der Waals surface area contributed by atoms with Crippen LogP contribution in [0.1, 0.15) is 36.2 Å². The van der Waals surface area contributed by atoms with Gasteiger partial charge < -0.3 is 25.2 Å². The van der Waals surface area contributed by atoms with Crippen LogP contribution >= 0.6 is 34.3 Å². The Kier molecular flexibility index (Phi) is 7.58. The Morgan fingerprint density at radius 1 is 1.18 bits per heavy atom. The summed E-state index contributed by atoms with van der Waals surface area (Å²) < 4.78 is 5.23. The van der Waals surface area contributed by atoms with Gasteiger partial charge in [-0.1, -0.05) is 11.6 Å². The van der Waals surface area contributed by atoms with Crippen LogP contribution in [0.4, 0.5) is 4.79 Å². The largest absolute Gasteiger partial charge is 0.453 e. The van der Waals surface area contributed by atoms with Crippen molar-refractivity contribution in [1.82, 2.24) is 20.4 Å². The van der Waals surface area contributed by atoms with E-state index in [9.17, 15) is 14.4 Å². The molecular weight excluding hydrogens is 484 g/mol. The van der Waals surface area contributed by atoms with Crippen molar-refractivity contribution in [3.63, 3.8) is 0 Å². The van der Waals surface area contributed by atoms with Gasteiger partial charge in [0.1, 0.15) is 0 Å². The molecule has 0 saturated carbocycles. The van der Waals surface area contributed by atoms with Crippen LogP contribution in [0.2, 0.25) is 4.34 Å². The van der Waals surface area contributed by atoms with Crippen LogP contribution in [0.25, 0.3) is 0 Å². The number of hydrogen-bond acceptors (Lipinski definition) is 7. The first kappa shape index (κ1) is 24.0. The molecule has 1 fully saturated rings. The minimum atomic E-state index is -0.546.